The van der Waals surface area contributed by atoms with E-state index in [2.05, 4.69) is 49.3 Å². The van der Waals surface area contributed by atoms with Crippen LogP contribution in [0.15, 0.2) is 34.7 Å². The van der Waals surface area contributed by atoms with Crippen molar-refractivity contribution in [2.45, 2.75) is 77.5 Å². The Balaban J connectivity index is 1.73. The summed E-state index contributed by atoms with van der Waals surface area (Å²) in [5.74, 6) is 3.29. The molecule has 0 saturated carbocycles. The van der Waals surface area contributed by atoms with E-state index in [0.717, 1.165) is 53.9 Å². The first-order valence-corrected chi connectivity index (χ1v) is 12.0. The Bertz CT molecular complexity index is 938. The van der Waals surface area contributed by atoms with Gasteiger partial charge in [0, 0.05) is 23.7 Å². The fourth-order valence-corrected chi connectivity index (χ4v) is 5.32. The van der Waals surface area contributed by atoms with Crippen LogP contribution in [0.3, 0.4) is 0 Å². The molecule has 1 aromatic heterocycles. The maximum atomic E-state index is 5.92. The predicted molar refractivity (Wildman–Crippen MR) is 137 cm³/mol. The number of hydrogen-bond donors (Lipinski definition) is 2. The zero-order valence-corrected chi connectivity index (χ0v) is 21.9. The van der Waals surface area contributed by atoms with Crippen molar-refractivity contribution >= 4 is 17.3 Å². The summed E-state index contributed by atoms with van der Waals surface area (Å²) in [6, 6.07) is 10.4. The highest BCUT2D eigenvalue weighted by molar-refractivity contribution is 7.80. The molecule has 0 radical (unpaired) electrons. The van der Waals surface area contributed by atoms with Crippen molar-refractivity contribution < 1.29 is 13.9 Å². The minimum Gasteiger partial charge on any atom is -0.493 e. The van der Waals surface area contributed by atoms with Crippen LogP contribution in [-0.2, 0) is 13.0 Å². The highest BCUT2D eigenvalue weighted by Gasteiger charge is 2.38. The van der Waals surface area contributed by atoms with Gasteiger partial charge in [0.1, 0.15) is 11.5 Å². The average molecular weight is 474 g/mol. The van der Waals surface area contributed by atoms with Crippen LogP contribution in [0.5, 0.6) is 11.5 Å². The molecule has 6 nitrogen and oxygen atoms in total. The molecular weight excluding hydrogens is 434 g/mol. The highest BCUT2D eigenvalue weighted by Crippen LogP contribution is 2.29. The Labute approximate surface area is 204 Å². The number of piperidine rings is 1. The molecule has 1 saturated heterocycles. The van der Waals surface area contributed by atoms with Gasteiger partial charge in [-0.05, 0) is 95.9 Å². The van der Waals surface area contributed by atoms with Crippen LogP contribution in [-0.4, -0.2) is 47.9 Å². The Kier molecular flexibility index (Phi) is 7.96. The number of rotatable bonds is 8. The van der Waals surface area contributed by atoms with Crippen LogP contribution >= 0.6 is 12.2 Å². The predicted octanol–water partition coefficient (Wildman–Crippen LogP) is 4.83. The summed E-state index contributed by atoms with van der Waals surface area (Å²) in [5, 5.41) is 8.17. The van der Waals surface area contributed by atoms with Crippen LogP contribution in [0.25, 0.3) is 0 Å². The number of thiocarbonyl (C=S) groups is 1. The van der Waals surface area contributed by atoms with Crippen molar-refractivity contribution in [3.63, 3.8) is 0 Å². The standard InChI is InChI=1S/C26H39N3O3S/c1-18-8-10-21(32-18)17-29(13-12-19-9-11-22(30-6)23(14-19)31-7)24(33)27-20-15-25(2,3)28-26(4,5)16-20/h8-11,14,20,28H,12-13,15-17H2,1-7H3,(H,27,33). The average Bonchev–Trinajstić information content (AvgIpc) is 3.13. The molecule has 7 heteroatoms. The van der Waals surface area contributed by atoms with Gasteiger partial charge in [-0.1, -0.05) is 6.07 Å². The largest absolute Gasteiger partial charge is 0.493 e. The van der Waals surface area contributed by atoms with Crippen molar-refractivity contribution in [1.82, 2.24) is 15.5 Å². The fraction of sp³-hybridized carbons (Fsp3) is 0.577. The molecule has 0 aliphatic carbocycles. The quantitative estimate of drug-likeness (QED) is 0.532. The van der Waals surface area contributed by atoms with E-state index in [4.69, 9.17) is 26.1 Å². The third kappa shape index (κ3) is 7.11. The van der Waals surface area contributed by atoms with E-state index in [1.807, 2.05) is 31.2 Å². The van der Waals surface area contributed by atoms with Gasteiger partial charge in [0.25, 0.3) is 0 Å². The second-order valence-electron chi connectivity index (χ2n) is 10.3. The number of methoxy groups -OCH3 is 2. The van der Waals surface area contributed by atoms with E-state index in [1.54, 1.807) is 14.2 Å². The van der Waals surface area contributed by atoms with Gasteiger partial charge in [-0.3, -0.25) is 0 Å². The number of furan rings is 1. The maximum Gasteiger partial charge on any atom is 0.169 e. The number of nitrogens with zero attached hydrogens (tertiary/aromatic N) is 1. The molecular formula is C26H39N3O3S. The van der Waals surface area contributed by atoms with Gasteiger partial charge in [0.15, 0.2) is 16.6 Å². The van der Waals surface area contributed by atoms with E-state index in [1.165, 1.54) is 5.56 Å². The first-order chi connectivity index (χ1) is 15.5. The zero-order valence-electron chi connectivity index (χ0n) is 21.1. The molecule has 33 heavy (non-hydrogen) atoms. The van der Waals surface area contributed by atoms with Gasteiger partial charge < -0.3 is 29.4 Å². The third-order valence-electron chi connectivity index (χ3n) is 6.07. The molecule has 1 aromatic carbocycles. The molecule has 2 N–H and O–H groups in total. The lowest BCUT2D eigenvalue weighted by Gasteiger charge is -2.47. The summed E-state index contributed by atoms with van der Waals surface area (Å²) in [6.45, 7) is 12.4. The molecule has 2 heterocycles. The summed E-state index contributed by atoms with van der Waals surface area (Å²) in [5.41, 5.74) is 1.27. The number of benzene rings is 1. The molecule has 0 unspecified atom stereocenters. The van der Waals surface area contributed by atoms with Gasteiger partial charge in [-0.15, -0.1) is 0 Å². The summed E-state index contributed by atoms with van der Waals surface area (Å²) in [4.78, 5) is 2.20. The van der Waals surface area contributed by atoms with E-state index in [9.17, 15) is 0 Å². The summed E-state index contributed by atoms with van der Waals surface area (Å²) in [7, 11) is 3.31. The first kappa shape index (κ1) is 25.4. The fourth-order valence-electron chi connectivity index (χ4n) is 5.00. The number of hydrogen-bond acceptors (Lipinski definition) is 5. The van der Waals surface area contributed by atoms with Crippen LogP contribution in [0.4, 0.5) is 0 Å². The van der Waals surface area contributed by atoms with E-state index in [-0.39, 0.29) is 11.1 Å². The lowest BCUT2D eigenvalue weighted by Crippen LogP contribution is -2.62. The monoisotopic (exact) mass is 473 g/mol. The molecule has 0 amide bonds. The highest BCUT2D eigenvalue weighted by atomic mass is 32.1. The minimum absolute atomic E-state index is 0.0532. The van der Waals surface area contributed by atoms with Gasteiger partial charge in [0.05, 0.1) is 20.8 Å². The van der Waals surface area contributed by atoms with E-state index < -0.39 is 0 Å². The Morgan fingerprint density at radius 3 is 2.33 bits per heavy atom. The number of nitrogens with one attached hydrogen (secondary N) is 2. The van der Waals surface area contributed by atoms with Crippen molar-refractivity contribution in [1.29, 1.82) is 0 Å². The molecule has 0 bridgehead atoms. The van der Waals surface area contributed by atoms with Crippen molar-refractivity contribution in [3.05, 3.63) is 47.4 Å². The summed E-state index contributed by atoms with van der Waals surface area (Å²) in [6.07, 6.45) is 2.85. The minimum atomic E-state index is 0.0532. The molecule has 1 fully saturated rings. The molecule has 0 spiro atoms. The van der Waals surface area contributed by atoms with Crippen molar-refractivity contribution in [2.75, 3.05) is 20.8 Å². The number of aryl methyl sites for hydroxylation is 1. The van der Waals surface area contributed by atoms with Gasteiger partial charge in [0.2, 0.25) is 0 Å². The topological polar surface area (TPSA) is 58.9 Å². The van der Waals surface area contributed by atoms with Crippen molar-refractivity contribution in [3.8, 4) is 11.5 Å². The van der Waals surface area contributed by atoms with Gasteiger partial charge in [-0.25, -0.2) is 0 Å². The van der Waals surface area contributed by atoms with Crippen molar-refractivity contribution in [2.24, 2.45) is 0 Å². The molecule has 1 aliphatic heterocycles. The van der Waals surface area contributed by atoms with Gasteiger partial charge >= 0.3 is 0 Å². The van der Waals surface area contributed by atoms with E-state index >= 15 is 0 Å². The molecule has 1 aliphatic rings. The Morgan fingerprint density at radius 2 is 1.76 bits per heavy atom. The third-order valence-corrected chi connectivity index (χ3v) is 6.44. The maximum absolute atomic E-state index is 5.92. The Hall–Kier alpha value is -2.25. The smallest absolute Gasteiger partial charge is 0.169 e. The van der Waals surface area contributed by atoms with Crippen LogP contribution in [0.2, 0.25) is 0 Å². The zero-order chi connectivity index (χ0) is 24.2. The van der Waals surface area contributed by atoms with Crippen LogP contribution in [0, 0.1) is 6.92 Å². The Morgan fingerprint density at radius 1 is 1.09 bits per heavy atom. The summed E-state index contributed by atoms with van der Waals surface area (Å²) < 4.78 is 16.7. The van der Waals surface area contributed by atoms with E-state index in [0.29, 0.717) is 12.6 Å². The molecule has 0 atom stereocenters. The SMILES string of the molecule is COc1ccc(CCN(Cc2ccc(C)o2)C(=S)NC2CC(C)(C)NC(C)(C)C2)cc1OC. The normalized spacial score (nSPS) is 17.4. The lowest BCUT2D eigenvalue weighted by molar-refractivity contribution is 0.153. The van der Waals surface area contributed by atoms with Gasteiger partial charge in [-0.2, -0.15) is 0 Å². The lowest BCUT2D eigenvalue weighted by atomic mass is 9.80. The summed E-state index contributed by atoms with van der Waals surface area (Å²) >= 11 is 5.92. The first-order valence-electron chi connectivity index (χ1n) is 11.6. The molecule has 3 rings (SSSR count). The second-order valence-corrected chi connectivity index (χ2v) is 10.7. The van der Waals surface area contributed by atoms with Crippen LogP contribution < -0.4 is 20.1 Å². The number of ether oxygens (including phenoxy) is 2. The molecule has 182 valence electrons. The second kappa shape index (κ2) is 10.3. The van der Waals surface area contributed by atoms with Crippen LogP contribution in [0.1, 0.15) is 57.6 Å². The molecule has 2 aromatic rings.